The first kappa shape index (κ1) is 17.0. The highest BCUT2D eigenvalue weighted by molar-refractivity contribution is 5.86. The largest absolute Gasteiger partial charge is 0.481 e. The van der Waals surface area contributed by atoms with E-state index < -0.39 is 23.6 Å². The number of hydrogen-bond donors (Lipinski definition) is 3. The van der Waals surface area contributed by atoms with Crippen LogP contribution in [0.15, 0.2) is 24.3 Å². The Morgan fingerprint density at radius 2 is 1.76 bits per heavy atom. The molecule has 0 saturated heterocycles. The normalized spacial score (nSPS) is 14.3. The number of carboxylic acids is 1. The van der Waals surface area contributed by atoms with E-state index in [1.807, 2.05) is 0 Å². The summed E-state index contributed by atoms with van der Waals surface area (Å²) in [4.78, 5) is 22.2. The van der Waals surface area contributed by atoms with Crippen LogP contribution >= 0.6 is 0 Å². The minimum absolute atomic E-state index is 0.231. The molecule has 0 aliphatic rings. The van der Waals surface area contributed by atoms with Crippen LogP contribution < -0.4 is 11.1 Å². The molecular formula is C13H15F3N2O3. The lowest BCUT2D eigenvalue weighted by molar-refractivity contribution is -0.187. The first-order valence-corrected chi connectivity index (χ1v) is 5.98. The van der Waals surface area contributed by atoms with Crippen molar-refractivity contribution in [3.05, 3.63) is 35.4 Å². The van der Waals surface area contributed by atoms with Crippen LogP contribution in [0, 0.1) is 0 Å². The maximum atomic E-state index is 12.6. The Hall–Kier alpha value is -2.09. The number of nitrogens with two attached hydrogens (primary N) is 1. The van der Waals surface area contributed by atoms with Gasteiger partial charge in [-0.15, -0.1) is 0 Å². The van der Waals surface area contributed by atoms with Gasteiger partial charge in [0.1, 0.15) is 0 Å². The van der Waals surface area contributed by atoms with Gasteiger partial charge in [-0.1, -0.05) is 24.3 Å². The maximum absolute atomic E-state index is 12.6. The number of nitrogens with one attached hydrogen (secondary N) is 1. The van der Waals surface area contributed by atoms with Crippen LogP contribution in [-0.2, 0) is 22.6 Å². The summed E-state index contributed by atoms with van der Waals surface area (Å²) in [7, 11) is 0. The fraction of sp³-hybridized carbons (Fsp3) is 0.385. The molecule has 1 atom stereocenters. The lowest BCUT2D eigenvalue weighted by atomic mass is 10.0. The molecule has 1 unspecified atom stereocenters. The molecule has 0 aromatic heterocycles. The lowest BCUT2D eigenvalue weighted by Gasteiger charge is -2.26. The van der Waals surface area contributed by atoms with E-state index >= 15 is 0 Å². The van der Waals surface area contributed by atoms with Gasteiger partial charge in [-0.3, -0.25) is 9.59 Å². The third kappa shape index (κ3) is 4.19. The van der Waals surface area contributed by atoms with E-state index in [0.717, 1.165) is 0 Å². The summed E-state index contributed by atoms with van der Waals surface area (Å²) in [5.74, 6) is -2.45. The third-order valence-electron chi connectivity index (χ3n) is 2.96. The minimum atomic E-state index is -4.88. The number of amides is 1. The van der Waals surface area contributed by atoms with Crippen molar-refractivity contribution in [1.82, 2.24) is 5.32 Å². The minimum Gasteiger partial charge on any atom is -0.481 e. The van der Waals surface area contributed by atoms with Gasteiger partial charge >= 0.3 is 12.1 Å². The highest BCUT2D eigenvalue weighted by atomic mass is 19.4. The van der Waals surface area contributed by atoms with Gasteiger partial charge in [0.15, 0.2) is 5.54 Å². The molecule has 1 aromatic carbocycles. The number of alkyl halides is 3. The summed E-state index contributed by atoms with van der Waals surface area (Å²) in [6, 6.07) is 6.26. The van der Waals surface area contributed by atoms with Crippen LogP contribution in [0.2, 0.25) is 0 Å². The van der Waals surface area contributed by atoms with Crippen LogP contribution in [0.4, 0.5) is 13.2 Å². The highest BCUT2D eigenvalue weighted by Crippen LogP contribution is 2.28. The number of carboxylic acid groups (broad SMARTS) is 1. The van der Waals surface area contributed by atoms with Gasteiger partial charge in [0, 0.05) is 6.54 Å². The Morgan fingerprint density at radius 1 is 1.24 bits per heavy atom. The smallest absolute Gasteiger partial charge is 0.415 e. The van der Waals surface area contributed by atoms with Gasteiger partial charge < -0.3 is 16.2 Å². The second-order valence-electron chi connectivity index (χ2n) is 4.72. The number of rotatable bonds is 5. The number of benzene rings is 1. The topological polar surface area (TPSA) is 92.4 Å². The molecule has 0 spiro atoms. The Morgan fingerprint density at radius 3 is 2.24 bits per heavy atom. The molecule has 0 fully saturated rings. The zero-order valence-electron chi connectivity index (χ0n) is 11.2. The number of carbonyl (C=O) groups excluding carboxylic acids is 1. The van der Waals surface area contributed by atoms with Crippen molar-refractivity contribution in [3.63, 3.8) is 0 Å². The first-order chi connectivity index (χ1) is 9.55. The molecule has 0 bridgehead atoms. The van der Waals surface area contributed by atoms with Gasteiger partial charge in [-0.05, 0) is 18.1 Å². The molecule has 21 heavy (non-hydrogen) atoms. The summed E-state index contributed by atoms with van der Waals surface area (Å²) >= 11 is 0. The molecule has 1 amide bonds. The molecule has 4 N–H and O–H groups in total. The van der Waals surface area contributed by atoms with Crippen molar-refractivity contribution in [3.8, 4) is 0 Å². The molecule has 8 heteroatoms. The van der Waals surface area contributed by atoms with E-state index in [4.69, 9.17) is 10.8 Å². The first-order valence-electron chi connectivity index (χ1n) is 5.98. The molecule has 0 radical (unpaired) electrons. The Bertz CT molecular complexity index is 542. The van der Waals surface area contributed by atoms with E-state index in [1.54, 1.807) is 12.1 Å². The maximum Gasteiger partial charge on any atom is 0.415 e. The molecule has 1 aromatic rings. The Labute approximate surface area is 118 Å². The SMILES string of the molecule is CC(N)(C(=O)NCc1ccccc1CC(=O)O)C(F)(F)F. The summed E-state index contributed by atoms with van der Waals surface area (Å²) in [6.45, 7) is 0.344. The fourth-order valence-corrected chi connectivity index (χ4v) is 1.55. The molecule has 0 saturated carbocycles. The number of hydrogen-bond acceptors (Lipinski definition) is 3. The average Bonchev–Trinajstić information content (AvgIpc) is 2.35. The molecule has 0 aliphatic heterocycles. The lowest BCUT2D eigenvalue weighted by Crippen LogP contribution is -2.61. The van der Waals surface area contributed by atoms with Crippen LogP contribution in [0.25, 0.3) is 0 Å². The fourth-order valence-electron chi connectivity index (χ4n) is 1.55. The van der Waals surface area contributed by atoms with Crippen molar-refractivity contribution < 1.29 is 27.9 Å². The van der Waals surface area contributed by atoms with Crippen molar-refractivity contribution in [1.29, 1.82) is 0 Å². The predicted molar refractivity (Wildman–Crippen MR) is 68.3 cm³/mol. The zero-order valence-corrected chi connectivity index (χ0v) is 11.2. The quantitative estimate of drug-likeness (QED) is 0.762. The molecule has 0 heterocycles. The van der Waals surface area contributed by atoms with Crippen molar-refractivity contribution in [2.24, 2.45) is 5.73 Å². The molecule has 116 valence electrons. The standard InChI is InChI=1S/C13H15F3N2O3/c1-12(17,13(14,15)16)11(21)18-7-9-5-3-2-4-8(9)6-10(19)20/h2-5H,6-7,17H2,1H3,(H,18,21)(H,19,20). The molecule has 5 nitrogen and oxygen atoms in total. The summed E-state index contributed by atoms with van der Waals surface area (Å²) in [6.07, 6.45) is -5.16. The van der Waals surface area contributed by atoms with E-state index in [2.05, 4.69) is 5.32 Å². The molecule has 1 rings (SSSR count). The van der Waals surface area contributed by atoms with Crippen molar-refractivity contribution in [2.75, 3.05) is 0 Å². The van der Waals surface area contributed by atoms with Gasteiger partial charge in [-0.2, -0.15) is 13.2 Å². The summed E-state index contributed by atoms with van der Waals surface area (Å²) in [5.41, 5.74) is 2.82. The highest BCUT2D eigenvalue weighted by Gasteiger charge is 2.53. The van der Waals surface area contributed by atoms with Gasteiger partial charge in [0.2, 0.25) is 5.91 Å². The van der Waals surface area contributed by atoms with Gasteiger partial charge in [0.25, 0.3) is 0 Å². The molecule has 0 aliphatic carbocycles. The Balaban J connectivity index is 2.81. The van der Waals surface area contributed by atoms with E-state index in [1.165, 1.54) is 12.1 Å². The number of halogens is 3. The third-order valence-corrected chi connectivity index (χ3v) is 2.96. The predicted octanol–water partition coefficient (Wildman–Crippen LogP) is 1.21. The van der Waals surface area contributed by atoms with E-state index in [-0.39, 0.29) is 13.0 Å². The molecular weight excluding hydrogens is 289 g/mol. The monoisotopic (exact) mass is 304 g/mol. The second kappa shape index (κ2) is 6.13. The zero-order chi connectivity index (χ0) is 16.3. The van der Waals surface area contributed by atoms with Crippen molar-refractivity contribution in [2.45, 2.75) is 31.6 Å². The van der Waals surface area contributed by atoms with Gasteiger partial charge in [-0.25, -0.2) is 0 Å². The Kier molecular flexibility index (Phi) is 4.95. The summed E-state index contributed by atoms with van der Waals surface area (Å²) < 4.78 is 37.8. The van der Waals surface area contributed by atoms with Crippen molar-refractivity contribution >= 4 is 11.9 Å². The van der Waals surface area contributed by atoms with Crippen LogP contribution in [0.5, 0.6) is 0 Å². The van der Waals surface area contributed by atoms with Crippen LogP contribution in [0.3, 0.4) is 0 Å². The number of aliphatic carboxylic acids is 1. The van der Waals surface area contributed by atoms with Crippen LogP contribution in [0.1, 0.15) is 18.1 Å². The van der Waals surface area contributed by atoms with Crippen LogP contribution in [-0.4, -0.2) is 28.7 Å². The second-order valence-corrected chi connectivity index (χ2v) is 4.72. The average molecular weight is 304 g/mol. The number of carbonyl (C=O) groups is 2. The van der Waals surface area contributed by atoms with Gasteiger partial charge in [0.05, 0.1) is 6.42 Å². The van der Waals surface area contributed by atoms with E-state index in [0.29, 0.717) is 18.1 Å². The van der Waals surface area contributed by atoms with E-state index in [9.17, 15) is 22.8 Å². The summed E-state index contributed by atoms with van der Waals surface area (Å²) in [5, 5.41) is 10.8.